The molecule has 0 aliphatic carbocycles. The van der Waals surface area contributed by atoms with Gasteiger partial charge in [0.2, 0.25) is 0 Å². The normalized spacial score (nSPS) is 19.9. The van der Waals surface area contributed by atoms with E-state index in [9.17, 15) is 4.79 Å². The zero-order valence-electron chi connectivity index (χ0n) is 16.4. The van der Waals surface area contributed by atoms with Crippen LogP contribution in [-0.2, 0) is 11.3 Å². The fraction of sp³-hybridized carbons (Fsp3) is 0.650. The average molecular weight is 391 g/mol. The third-order valence-electron chi connectivity index (χ3n) is 5.69. The number of thiophene rings is 1. The molecular weight excluding hydrogens is 360 g/mol. The van der Waals surface area contributed by atoms with Crippen LogP contribution in [0.25, 0.3) is 10.2 Å². The number of nitrogens with one attached hydrogen (secondary N) is 1. The highest BCUT2D eigenvalue weighted by molar-refractivity contribution is 7.19. The van der Waals surface area contributed by atoms with Gasteiger partial charge in [-0.1, -0.05) is 6.92 Å². The van der Waals surface area contributed by atoms with Gasteiger partial charge in [-0.15, -0.1) is 11.3 Å². The smallest absolute Gasteiger partial charge is 0.270 e. The highest BCUT2D eigenvalue weighted by atomic mass is 32.1. The van der Waals surface area contributed by atoms with Gasteiger partial charge in [0.1, 0.15) is 5.69 Å². The minimum absolute atomic E-state index is 0.143. The fourth-order valence-corrected chi connectivity index (χ4v) is 5.17. The Bertz CT molecular complexity index is 785. The summed E-state index contributed by atoms with van der Waals surface area (Å²) >= 11 is 1.79. The summed E-state index contributed by atoms with van der Waals surface area (Å²) in [4.78, 5) is 24.6. The van der Waals surface area contributed by atoms with Gasteiger partial charge in [-0.3, -0.25) is 14.6 Å². The van der Waals surface area contributed by atoms with Crippen LogP contribution in [0.1, 0.15) is 34.3 Å². The van der Waals surface area contributed by atoms with Gasteiger partial charge in [0.05, 0.1) is 23.4 Å². The van der Waals surface area contributed by atoms with Crippen molar-refractivity contribution in [1.82, 2.24) is 19.7 Å². The Morgan fingerprint density at radius 3 is 2.59 bits per heavy atom. The number of H-pyrrole nitrogens is 1. The number of rotatable bonds is 5. The molecule has 4 heterocycles. The molecule has 0 atom stereocenters. The summed E-state index contributed by atoms with van der Waals surface area (Å²) in [7, 11) is 0. The van der Waals surface area contributed by atoms with Crippen LogP contribution in [0.4, 0.5) is 0 Å². The van der Waals surface area contributed by atoms with Gasteiger partial charge in [-0.25, -0.2) is 0 Å². The van der Waals surface area contributed by atoms with Gasteiger partial charge in [-0.2, -0.15) is 0 Å². The maximum absolute atomic E-state index is 13.0. The molecule has 0 radical (unpaired) electrons. The van der Waals surface area contributed by atoms with Crippen molar-refractivity contribution in [1.29, 1.82) is 0 Å². The lowest BCUT2D eigenvalue weighted by molar-refractivity contribution is 0.0343. The molecular formula is C20H30N4O2S. The lowest BCUT2D eigenvalue weighted by Crippen LogP contribution is -2.48. The first-order valence-electron chi connectivity index (χ1n) is 10.1. The molecule has 1 amide bonds. The predicted molar refractivity (Wildman–Crippen MR) is 110 cm³/mol. The first-order chi connectivity index (χ1) is 13.2. The number of morpholine rings is 1. The molecule has 0 saturated carbocycles. The second kappa shape index (κ2) is 8.31. The van der Waals surface area contributed by atoms with Gasteiger partial charge >= 0.3 is 0 Å². The third kappa shape index (κ3) is 4.06. The van der Waals surface area contributed by atoms with E-state index in [4.69, 9.17) is 4.74 Å². The lowest BCUT2D eigenvalue weighted by atomic mass is 10.2. The molecule has 6 nitrogen and oxygen atoms in total. The second-order valence-corrected chi connectivity index (χ2v) is 8.84. The second-order valence-electron chi connectivity index (χ2n) is 7.58. The van der Waals surface area contributed by atoms with E-state index >= 15 is 0 Å². The van der Waals surface area contributed by atoms with Crippen LogP contribution in [0, 0.1) is 6.92 Å². The Labute approximate surface area is 165 Å². The van der Waals surface area contributed by atoms with Gasteiger partial charge in [0.15, 0.2) is 0 Å². The molecule has 7 heteroatoms. The van der Waals surface area contributed by atoms with Gasteiger partial charge in [0, 0.05) is 56.3 Å². The van der Waals surface area contributed by atoms with Crippen molar-refractivity contribution in [2.24, 2.45) is 0 Å². The molecule has 27 heavy (non-hydrogen) atoms. The summed E-state index contributed by atoms with van der Waals surface area (Å²) < 4.78 is 6.66. The number of carbonyl (C=O) groups excluding carboxylic acids is 1. The number of nitrogens with zero attached hydrogens (tertiary/aromatic N) is 3. The number of ether oxygens (including phenoxy) is 1. The van der Waals surface area contributed by atoms with Crippen molar-refractivity contribution < 1.29 is 9.53 Å². The maximum atomic E-state index is 13.0. The Morgan fingerprint density at radius 2 is 1.89 bits per heavy atom. The number of piperazine rings is 1. The SMILES string of the molecule is CCCN1CCN(C(=O)c2cc3sc(C)c(CN4CCOCC4)c3[nH]2)CC1. The molecule has 4 rings (SSSR count). The molecule has 0 spiro atoms. The average Bonchev–Trinajstić information content (AvgIpc) is 3.22. The number of fused-ring (bicyclic) bond motifs is 1. The van der Waals surface area contributed by atoms with Gasteiger partial charge in [0.25, 0.3) is 5.91 Å². The van der Waals surface area contributed by atoms with Crippen molar-refractivity contribution >= 4 is 27.5 Å². The highest BCUT2D eigenvalue weighted by Crippen LogP contribution is 2.32. The number of hydrogen-bond donors (Lipinski definition) is 1. The van der Waals surface area contributed by atoms with Gasteiger partial charge < -0.3 is 14.6 Å². The van der Waals surface area contributed by atoms with E-state index in [0.29, 0.717) is 0 Å². The molecule has 2 aromatic heterocycles. The third-order valence-corrected chi connectivity index (χ3v) is 6.78. The molecule has 2 aliphatic heterocycles. The van der Waals surface area contributed by atoms with Crippen molar-refractivity contribution in [3.8, 4) is 0 Å². The quantitative estimate of drug-likeness (QED) is 0.852. The minimum Gasteiger partial charge on any atom is -0.379 e. The van der Waals surface area contributed by atoms with Crippen LogP contribution >= 0.6 is 11.3 Å². The van der Waals surface area contributed by atoms with Crippen LogP contribution in [-0.4, -0.2) is 84.6 Å². The van der Waals surface area contributed by atoms with E-state index in [2.05, 4.69) is 34.7 Å². The van der Waals surface area contributed by atoms with Crippen LogP contribution in [0.2, 0.25) is 0 Å². The van der Waals surface area contributed by atoms with E-state index in [1.165, 1.54) is 21.6 Å². The molecule has 2 saturated heterocycles. The number of amides is 1. The van der Waals surface area contributed by atoms with Gasteiger partial charge in [-0.05, 0) is 26.0 Å². The largest absolute Gasteiger partial charge is 0.379 e. The van der Waals surface area contributed by atoms with Crippen LogP contribution in [0.3, 0.4) is 0 Å². The molecule has 2 aromatic rings. The minimum atomic E-state index is 0.143. The summed E-state index contributed by atoms with van der Waals surface area (Å²) in [5, 5.41) is 0. The number of aryl methyl sites for hydroxylation is 1. The standard InChI is InChI=1S/C20H30N4O2S/c1-3-4-22-5-7-24(8-6-22)20(25)17-13-18-19(21-17)16(15(2)27-18)14-23-9-11-26-12-10-23/h13,21H,3-12,14H2,1-2H3. The predicted octanol–water partition coefficient (Wildman–Crippen LogP) is 2.54. The number of aromatic amines is 1. The van der Waals surface area contributed by atoms with E-state index in [1.54, 1.807) is 11.3 Å². The zero-order valence-corrected chi connectivity index (χ0v) is 17.2. The molecule has 148 valence electrons. The molecule has 2 aliphatic rings. The summed E-state index contributed by atoms with van der Waals surface area (Å²) in [6, 6.07) is 2.05. The maximum Gasteiger partial charge on any atom is 0.270 e. The van der Waals surface area contributed by atoms with E-state index in [1.807, 2.05) is 4.90 Å². The van der Waals surface area contributed by atoms with E-state index in [0.717, 1.165) is 76.8 Å². The van der Waals surface area contributed by atoms with Crippen molar-refractivity contribution in [2.45, 2.75) is 26.8 Å². The molecule has 0 bridgehead atoms. The number of aromatic nitrogens is 1. The summed E-state index contributed by atoms with van der Waals surface area (Å²) in [5.74, 6) is 0.143. The van der Waals surface area contributed by atoms with E-state index < -0.39 is 0 Å². The Kier molecular flexibility index (Phi) is 5.82. The van der Waals surface area contributed by atoms with Crippen molar-refractivity contribution in [3.05, 3.63) is 22.2 Å². The van der Waals surface area contributed by atoms with Crippen LogP contribution in [0.15, 0.2) is 6.07 Å². The van der Waals surface area contributed by atoms with E-state index in [-0.39, 0.29) is 5.91 Å². The number of carbonyl (C=O) groups is 1. The lowest BCUT2D eigenvalue weighted by Gasteiger charge is -2.34. The summed E-state index contributed by atoms with van der Waals surface area (Å²) in [5.41, 5.74) is 3.23. The number of hydrogen-bond acceptors (Lipinski definition) is 5. The molecule has 2 fully saturated rings. The first-order valence-corrected chi connectivity index (χ1v) is 10.9. The molecule has 0 unspecified atom stereocenters. The molecule has 0 aromatic carbocycles. The summed E-state index contributed by atoms with van der Waals surface area (Å²) in [6.45, 7) is 13.6. The molecule has 1 N–H and O–H groups in total. The Balaban J connectivity index is 1.47. The van der Waals surface area contributed by atoms with Crippen LogP contribution < -0.4 is 0 Å². The zero-order chi connectivity index (χ0) is 18.8. The monoisotopic (exact) mass is 390 g/mol. The van der Waals surface area contributed by atoms with Crippen molar-refractivity contribution in [2.75, 3.05) is 59.0 Å². The Morgan fingerprint density at radius 1 is 1.15 bits per heavy atom. The summed E-state index contributed by atoms with van der Waals surface area (Å²) in [6.07, 6.45) is 1.17. The highest BCUT2D eigenvalue weighted by Gasteiger charge is 2.24. The topological polar surface area (TPSA) is 51.8 Å². The first kappa shape index (κ1) is 18.9. The Hall–Kier alpha value is -1.41. The fourth-order valence-electron chi connectivity index (χ4n) is 4.09. The van der Waals surface area contributed by atoms with Crippen molar-refractivity contribution in [3.63, 3.8) is 0 Å². The van der Waals surface area contributed by atoms with Crippen LogP contribution in [0.5, 0.6) is 0 Å².